The molecule has 0 bridgehead atoms. The number of ether oxygens (including phenoxy) is 1. The van der Waals surface area contributed by atoms with Crippen LogP contribution in [0.15, 0.2) is 16.6 Å². The van der Waals surface area contributed by atoms with Gasteiger partial charge >= 0.3 is 5.97 Å². The van der Waals surface area contributed by atoms with E-state index in [1.807, 2.05) is 0 Å². The van der Waals surface area contributed by atoms with Crippen LogP contribution in [0.3, 0.4) is 0 Å². The van der Waals surface area contributed by atoms with E-state index >= 15 is 0 Å². The van der Waals surface area contributed by atoms with Gasteiger partial charge in [0.05, 0.1) is 11.6 Å². The predicted octanol–water partition coefficient (Wildman–Crippen LogP) is 1.85. The van der Waals surface area contributed by atoms with Crippen LogP contribution < -0.4 is 10.5 Å². The van der Waals surface area contributed by atoms with E-state index < -0.39 is 12.0 Å². The SMILES string of the molecule is COc1c(Br)ccc(C)c1C(N)C(=O)O. The quantitative estimate of drug-likeness (QED) is 0.882. The number of rotatable bonds is 3. The zero-order valence-corrected chi connectivity index (χ0v) is 10.0. The van der Waals surface area contributed by atoms with Crippen molar-refractivity contribution in [2.45, 2.75) is 13.0 Å². The summed E-state index contributed by atoms with van der Waals surface area (Å²) in [5.41, 5.74) is 6.88. The van der Waals surface area contributed by atoms with Gasteiger partial charge in [0, 0.05) is 5.56 Å². The third kappa shape index (κ3) is 2.30. The molecule has 4 nitrogen and oxygen atoms in total. The second-order valence-corrected chi connectivity index (χ2v) is 3.98. The Morgan fingerprint density at radius 2 is 2.20 bits per heavy atom. The molecular weight excluding hydrogens is 262 g/mol. The minimum absolute atomic E-state index is 0.477. The first-order valence-corrected chi connectivity index (χ1v) is 5.09. The molecule has 0 aliphatic carbocycles. The molecule has 5 heteroatoms. The number of benzene rings is 1. The van der Waals surface area contributed by atoms with Gasteiger partial charge in [-0.2, -0.15) is 0 Å². The maximum atomic E-state index is 10.8. The number of nitrogens with two attached hydrogens (primary N) is 1. The van der Waals surface area contributed by atoms with E-state index in [1.165, 1.54) is 7.11 Å². The van der Waals surface area contributed by atoms with E-state index in [4.69, 9.17) is 15.6 Å². The van der Waals surface area contributed by atoms with Gasteiger partial charge in [0.1, 0.15) is 11.8 Å². The number of hydrogen-bond donors (Lipinski definition) is 2. The molecule has 3 N–H and O–H groups in total. The molecule has 0 aliphatic rings. The molecule has 1 rings (SSSR count). The fourth-order valence-electron chi connectivity index (χ4n) is 1.39. The summed E-state index contributed by atoms with van der Waals surface area (Å²) in [4.78, 5) is 10.8. The Morgan fingerprint density at radius 3 is 2.67 bits per heavy atom. The molecule has 0 saturated heterocycles. The predicted molar refractivity (Wildman–Crippen MR) is 60.0 cm³/mol. The van der Waals surface area contributed by atoms with Crippen molar-refractivity contribution in [1.29, 1.82) is 0 Å². The summed E-state index contributed by atoms with van der Waals surface area (Å²) in [6, 6.07) is 2.52. The van der Waals surface area contributed by atoms with Gasteiger partial charge < -0.3 is 15.6 Å². The van der Waals surface area contributed by atoms with Gasteiger partial charge in [-0.1, -0.05) is 6.07 Å². The summed E-state index contributed by atoms with van der Waals surface area (Å²) in [7, 11) is 1.48. The zero-order chi connectivity index (χ0) is 11.6. The van der Waals surface area contributed by atoms with Gasteiger partial charge in [-0.3, -0.25) is 4.79 Å². The number of carbonyl (C=O) groups is 1. The van der Waals surface area contributed by atoms with Crippen molar-refractivity contribution in [3.05, 3.63) is 27.7 Å². The molecule has 0 spiro atoms. The molecule has 0 amide bonds. The van der Waals surface area contributed by atoms with Crippen molar-refractivity contribution in [2.75, 3.05) is 7.11 Å². The average Bonchev–Trinajstić information content (AvgIpc) is 2.19. The van der Waals surface area contributed by atoms with Crippen molar-refractivity contribution >= 4 is 21.9 Å². The number of carboxylic acid groups (broad SMARTS) is 1. The van der Waals surface area contributed by atoms with Crippen molar-refractivity contribution in [3.63, 3.8) is 0 Å². The lowest BCUT2D eigenvalue weighted by Gasteiger charge is -2.16. The molecule has 1 atom stereocenters. The molecule has 0 radical (unpaired) electrons. The van der Waals surface area contributed by atoms with Crippen molar-refractivity contribution in [3.8, 4) is 5.75 Å². The van der Waals surface area contributed by atoms with Crippen LogP contribution in [0, 0.1) is 6.92 Å². The summed E-state index contributed by atoms with van der Waals surface area (Å²) in [6.07, 6.45) is 0. The number of aryl methyl sites for hydroxylation is 1. The van der Waals surface area contributed by atoms with Crippen LogP contribution in [-0.2, 0) is 4.79 Å². The lowest BCUT2D eigenvalue weighted by molar-refractivity contribution is -0.138. The number of hydrogen-bond acceptors (Lipinski definition) is 3. The molecule has 1 unspecified atom stereocenters. The average molecular weight is 274 g/mol. The summed E-state index contributed by atoms with van der Waals surface area (Å²) in [5, 5.41) is 8.87. The first kappa shape index (κ1) is 12.0. The van der Waals surface area contributed by atoms with Gasteiger partial charge in [0.25, 0.3) is 0 Å². The highest BCUT2D eigenvalue weighted by molar-refractivity contribution is 9.10. The molecule has 82 valence electrons. The first-order chi connectivity index (χ1) is 6.99. The first-order valence-electron chi connectivity index (χ1n) is 4.30. The van der Waals surface area contributed by atoms with E-state index in [-0.39, 0.29) is 0 Å². The monoisotopic (exact) mass is 273 g/mol. The van der Waals surface area contributed by atoms with Crippen LogP contribution in [0.25, 0.3) is 0 Å². The Kier molecular flexibility index (Phi) is 3.71. The smallest absolute Gasteiger partial charge is 0.325 e. The van der Waals surface area contributed by atoms with E-state index in [2.05, 4.69) is 15.9 Å². The molecule has 0 fully saturated rings. The maximum Gasteiger partial charge on any atom is 0.325 e. The normalized spacial score (nSPS) is 12.3. The Morgan fingerprint density at radius 1 is 1.60 bits per heavy atom. The summed E-state index contributed by atoms with van der Waals surface area (Å²) >= 11 is 3.29. The molecule has 0 aromatic heterocycles. The highest BCUT2D eigenvalue weighted by Gasteiger charge is 2.22. The fourth-order valence-corrected chi connectivity index (χ4v) is 1.90. The van der Waals surface area contributed by atoms with Crippen LogP contribution in [0.5, 0.6) is 5.75 Å². The van der Waals surface area contributed by atoms with Crippen LogP contribution >= 0.6 is 15.9 Å². The van der Waals surface area contributed by atoms with Crippen molar-refractivity contribution in [2.24, 2.45) is 5.73 Å². The highest BCUT2D eigenvalue weighted by atomic mass is 79.9. The molecule has 0 heterocycles. The topological polar surface area (TPSA) is 72.5 Å². The Hall–Kier alpha value is -1.07. The Labute approximate surface area is 96.2 Å². The minimum atomic E-state index is -1.07. The minimum Gasteiger partial charge on any atom is -0.495 e. The number of methoxy groups -OCH3 is 1. The maximum absolute atomic E-state index is 10.8. The van der Waals surface area contributed by atoms with Crippen LogP contribution in [0.1, 0.15) is 17.2 Å². The van der Waals surface area contributed by atoms with Gasteiger partial charge in [0.2, 0.25) is 0 Å². The molecule has 1 aromatic carbocycles. The second-order valence-electron chi connectivity index (χ2n) is 3.13. The van der Waals surface area contributed by atoms with Crippen LogP contribution in [0.2, 0.25) is 0 Å². The molecule has 15 heavy (non-hydrogen) atoms. The lowest BCUT2D eigenvalue weighted by Crippen LogP contribution is -2.22. The number of aliphatic carboxylic acids is 1. The van der Waals surface area contributed by atoms with Gasteiger partial charge in [-0.05, 0) is 34.5 Å². The molecular formula is C10H12BrNO3. The zero-order valence-electron chi connectivity index (χ0n) is 8.45. The third-order valence-electron chi connectivity index (χ3n) is 2.15. The Balaban J connectivity index is 3.37. The summed E-state index contributed by atoms with van der Waals surface area (Å²) in [5.74, 6) is -0.598. The molecule has 1 aromatic rings. The van der Waals surface area contributed by atoms with E-state index in [1.54, 1.807) is 19.1 Å². The van der Waals surface area contributed by atoms with Crippen molar-refractivity contribution < 1.29 is 14.6 Å². The lowest BCUT2D eigenvalue weighted by atomic mass is 10.0. The summed E-state index contributed by atoms with van der Waals surface area (Å²) < 4.78 is 5.83. The molecule has 0 saturated carbocycles. The second kappa shape index (κ2) is 4.63. The van der Waals surface area contributed by atoms with Crippen LogP contribution in [0.4, 0.5) is 0 Å². The highest BCUT2D eigenvalue weighted by Crippen LogP contribution is 2.34. The summed E-state index contributed by atoms with van der Waals surface area (Å²) in [6.45, 7) is 1.80. The third-order valence-corrected chi connectivity index (χ3v) is 2.77. The van der Waals surface area contributed by atoms with Crippen molar-refractivity contribution in [1.82, 2.24) is 0 Å². The van der Waals surface area contributed by atoms with Crippen LogP contribution in [-0.4, -0.2) is 18.2 Å². The van der Waals surface area contributed by atoms with E-state index in [0.29, 0.717) is 15.8 Å². The van der Waals surface area contributed by atoms with E-state index in [9.17, 15) is 4.79 Å². The largest absolute Gasteiger partial charge is 0.495 e. The fraction of sp³-hybridized carbons (Fsp3) is 0.300. The van der Waals surface area contributed by atoms with Gasteiger partial charge in [-0.25, -0.2) is 0 Å². The molecule has 0 aliphatic heterocycles. The number of halogens is 1. The number of carboxylic acids is 1. The standard InChI is InChI=1S/C10H12BrNO3/c1-5-3-4-6(11)9(15-2)7(5)8(12)10(13)14/h3-4,8H,12H2,1-2H3,(H,13,14). The van der Waals surface area contributed by atoms with Gasteiger partial charge in [-0.15, -0.1) is 0 Å². The Bertz CT molecular complexity index is 392. The van der Waals surface area contributed by atoms with Gasteiger partial charge in [0.15, 0.2) is 0 Å². The van der Waals surface area contributed by atoms with E-state index in [0.717, 1.165) is 5.56 Å².